The Morgan fingerprint density at radius 2 is 2.18 bits per heavy atom. The van der Waals surface area contributed by atoms with Gasteiger partial charge in [0.2, 0.25) is 0 Å². The molecule has 0 aromatic carbocycles. The van der Waals surface area contributed by atoms with Gasteiger partial charge < -0.3 is 10.0 Å². The van der Waals surface area contributed by atoms with Crippen LogP contribution in [0.2, 0.25) is 0 Å². The van der Waals surface area contributed by atoms with Gasteiger partial charge >= 0.3 is 0 Å². The summed E-state index contributed by atoms with van der Waals surface area (Å²) >= 11 is 1.59. The highest BCUT2D eigenvalue weighted by molar-refractivity contribution is 7.14. The Hall–Kier alpha value is -0.870. The highest BCUT2D eigenvalue weighted by Crippen LogP contribution is 2.24. The molecule has 3 nitrogen and oxygen atoms in total. The van der Waals surface area contributed by atoms with Crippen molar-refractivity contribution in [3.8, 4) is 0 Å². The number of aliphatic hydroxyl groups is 1. The van der Waals surface area contributed by atoms with Crippen molar-refractivity contribution in [2.45, 2.75) is 39.2 Å². The van der Waals surface area contributed by atoms with Gasteiger partial charge in [-0.05, 0) is 37.8 Å². The van der Waals surface area contributed by atoms with Gasteiger partial charge in [-0.25, -0.2) is 0 Å². The number of carbonyl (C=O) groups excluding carboxylic acids is 1. The summed E-state index contributed by atoms with van der Waals surface area (Å²) in [5.41, 5.74) is 1.27. The normalized spacial score (nSPS) is 17.5. The van der Waals surface area contributed by atoms with Crippen LogP contribution in [0.4, 0.5) is 0 Å². The van der Waals surface area contributed by atoms with E-state index >= 15 is 0 Å². The number of nitrogens with zero attached hydrogens (tertiary/aromatic N) is 1. The number of aliphatic hydroxyl groups excluding tert-OH is 1. The molecule has 1 fully saturated rings. The first-order chi connectivity index (χ1) is 8.11. The van der Waals surface area contributed by atoms with Crippen LogP contribution in [0.25, 0.3) is 0 Å². The van der Waals surface area contributed by atoms with Crippen molar-refractivity contribution in [1.82, 2.24) is 4.90 Å². The molecule has 0 bridgehead atoms. The van der Waals surface area contributed by atoms with Crippen molar-refractivity contribution in [3.63, 3.8) is 0 Å². The molecule has 1 amide bonds. The maximum absolute atomic E-state index is 12.2. The van der Waals surface area contributed by atoms with Gasteiger partial charge in [0, 0.05) is 18.0 Å². The highest BCUT2D eigenvalue weighted by Gasteiger charge is 2.23. The minimum atomic E-state index is -0.227. The van der Waals surface area contributed by atoms with Crippen molar-refractivity contribution in [3.05, 3.63) is 21.4 Å². The summed E-state index contributed by atoms with van der Waals surface area (Å²) in [7, 11) is 0. The lowest BCUT2D eigenvalue weighted by molar-refractivity contribution is 0.0550. The first kappa shape index (κ1) is 12.6. The number of likely N-dealkylation sites (tertiary alicyclic amines) is 1. The fourth-order valence-electron chi connectivity index (χ4n) is 2.20. The summed E-state index contributed by atoms with van der Waals surface area (Å²) in [5, 5.41) is 9.43. The van der Waals surface area contributed by atoms with E-state index in [-0.39, 0.29) is 12.0 Å². The van der Waals surface area contributed by atoms with Crippen LogP contribution in [0.3, 0.4) is 0 Å². The van der Waals surface area contributed by atoms with Crippen molar-refractivity contribution in [1.29, 1.82) is 0 Å². The zero-order valence-corrected chi connectivity index (χ0v) is 11.2. The summed E-state index contributed by atoms with van der Waals surface area (Å²) in [6.07, 6.45) is 2.16. The Morgan fingerprint density at radius 3 is 2.71 bits per heavy atom. The van der Waals surface area contributed by atoms with Gasteiger partial charge in [0.05, 0.1) is 11.0 Å². The van der Waals surface area contributed by atoms with Crippen LogP contribution < -0.4 is 0 Å². The molecule has 94 valence electrons. The lowest BCUT2D eigenvalue weighted by Gasteiger charge is -2.29. The predicted octanol–water partition coefficient (Wildman–Crippen LogP) is 2.22. The Morgan fingerprint density at radius 1 is 1.53 bits per heavy atom. The maximum atomic E-state index is 12.2. The first-order valence-corrected chi connectivity index (χ1v) is 7.00. The number of aryl methyl sites for hydroxylation is 2. The van der Waals surface area contributed by atoms with E-state index in [9.17, 15) is 9.90 Å². The number of rotatable bonds is 2. The number of piperidine rings is 1. The first-order valence-electron chi connectivity index (χ1n) is 6.18. The molecule has 0 spiro atoms. The molecule has 4 heteroatoms. The molecule has 1 aliphatic heterocycles. The fraction of sp³-hybridized carbons (Fsp3) is 0.615. The van der Waals surface area contributed by atoms with Gasteiger partial charge in [-0.2, -0.15) is 0 Å². The molecular weight excluding hydrogens is 234 g/mol. The van der Waals surface area contributed by atoms with E-state index in [4.69, 9.17) is 0 Å². The predicted molar refractivity (Wildman–Crippen MR) is 69.6 cm³/mol. The van der Waals surface area contributed by atoms with Crippen LogP contribution in [0.5, 0.6) is 0 Å². The number of thiophene rings is 1. The number of hydrogen-bond acceptors (Lipinski definition) is 3. The van der Waals surface area contributed by atoms with Crippen LogP contribution in [0, 0.1) is 6.92 Å². The van der Waals surface area contributed by atoms with E-state index in [1.165, 1.54) is 10.4 Å². The van der Waals surface area contributed by atoms with Crippen LogP contribution in [0.15, 0.2) is 6.07 Å². The van der Waals surface area contributed by atoms with E-state index in [0.717, 1.165) is 11.3 Å². The monoisotopic (exact) mass is 253 g/mol. The van der Waals surface area contributed by atoms with E-state index < -0.39 is 0 Å². The average molecular weight is 253 g/mol. The summed E-state index contributed by atoms with van der Waals surface area (Å²) in [6, 6.07) is 2.02. The summed E-state index contributed by atoms with van der Waals surface area (Å²) < 4.78 is 0. The van der Waals surface area contributed by atoms with Gasteiger partial charge in [0.15, 0.2) is 0 Å². The molecule has 1 aliphatic rings. The Bertz CT molecular complexity index is 406. The molecule has 17 heavy (non-hydrogen) atoms. The summed E-state index contributed by atoms with van der Waals surface area (Å²) in [6.45, 7) is 5.54. The summed E-state index contributed by atoms with van der Waals surface area (Å²) in [5.74, 6) is 0.129. The summed E-state index contributed by atoms with van der Waals surface area (Å²) in [4.78, 5) is 16.2. The molecule has 0 aliphatic carbocycles. The molecule has 0 saturated carbocycles. The zero-order valence-electron chi connectivity index (χ0n) is 10.4. The smallest absolute Gasteiger partial charge is 0.263 e. The molecule has 1 aromatic rings. The van der Waals surface area contributed by atoms with Crippen LogP contribution in [0.1, 0.15) is 39.9 Å². The molecule has 1 saturated heterocycles. The molecular formula is C13H19NO2S. The van der Waals surface area contributed by atoms with E-state index in [1.54, 1.807) is 11.3 Å². The van der Waals surface area contributed by atoms with Crippen molar-refractivity contribution >= 4 is 17.2 Å². The topological polar surface area (TPSA) is 40.5 Å². The van der Waals surface area contributed by atoms with Crippen LogP contribution in [-0.2, 0) is 6.42 Å². The third kappa shape index (κ3) is 2.69. The molecule has 1 N–H and O–H groups in total. The second-order valence-corrected chi connectivity index (χ2v) is 5.83. The standard InChI is InChI=1S/C13H19NO2S/c1-3-10-8-12(17-9(10)2)13(16)14-6-4-11(15)5-7-14/h8,11,15H,3-7H2,1-2H3. The second-order valence-electron chi connectivity index (χ2n) is 4.57. The highest BCUT2D eigenvalue weighted by atomic mass is 32.1. The van der Waals surface area contributed by atoms with Gasteiger partial charge in [0.1, 0.15) is 0 Å². The third-order valence-corrected chi connectivity index (χ3v) is 4.44. The molecule has 2 rings (SSSR count). The lowest BCUT2D eigenvalue weighted by Crippen LogP contribution is -2.39. The minimum Gasteiger partial charge on any atom is -0.393 e. The van der Waals surface area contributed by atoms with Crippen LogP contribution >= 0.6 is 11.3 Å². The Kier molecular flexibility index (Phi) is 3.84. The molecule has 2 heterocycles. The average Bonchev–Trinajstić information content (AvgIpc) is 2.70. The number of carbonyl (C=O) groups is 1. The molecule has 0 atom stereocenters. The zero-order chi connectivity index (χ0) is 12.4. The van der Waals surface area contributed by atoms with E-state index in [0.29, 0.717) is 25.9 Å². The number of hydrogen-bond donors (Lipinski definition) is 1. The van der Waals surface area contributed by atoms with E-state index in [1.807, 2.05) is 11.0 Å². The van der Waals surface area contributed by atoms with Crippen LogP contribution in [-0.4, -0.2) is 35.1 Å². The van der Waals surface area contributed by atoms with Gasteiger partial charge in [0.25, 0.3) is 5.91 Å². The molecule has 0 unspecified atom stereocenters. The largest absolute Gasteiger partial charge is 0.393 e. The Balaban J connectivity index is 2.08. The van der Waals surface area contributed by atoms with Crippen molar-refractivity contribution in [2.24, 2.45) is 0 Å². The SMILES string of the molecule is CCc1cc(C(=O)N2CCC(O)CC2)sc1C. The fourth-order valence-corrected chi connectivity index (χ4v) is 3.28. The van der Waals surface area contributed by atoms with E-state index in [2.05, 4.69) is 13.8 Å². The molecule has 0 radical (unpaired) electrons. The minimum absolute atomic E-state index is 0.129. The quantitative estimate of drug-likeness (QED) is 0.878. The van der Waals surface area contributed by atoms with Gasteiger partial charge in [-0.3, -0.25) is 4.79 Å². The second kappa shape index (κ2) is 5.19. The molecule has 1 aromatic heterocycles. The lowest BCUT2D eigenvalue weighted by atomic mass is 10.1. The third-order valence-electron chi connectivity index (χ3n) is 3.36. The van der Waals surface area contributed by atoms with Gasteiger partial charge in [-0.1, -0.05) is 6.92 Å². The Labute approximate surface area is 106 Å². The maximum Gasteiger partial charge on any atom is 0.263 e. The van der Waals surface area contributed by atoms with Crippen molar-refractivity contribution in [2.75, 3.05) is 13.1 Å². The van der Waals surface area contributed by atoms with Crippen molar-refractivity contribution < 1.29 is 9.90 Å². The number of amides is 1. The van der Waals surface area contributed by atoms with Gasteiger partial charge in [-0.15, -0.1) is 11.3 Å².